The van der Waals surface area contributed by atoms with Crippen molar-refractivity contribution in [2.45, 2.75) is 31.5 Å². The van der Waals surface area contributed by atoms with Gasteiger partial charge < -0.3 is 4.74 Å². The summed E-state index contributed by atoms with van der Waals surface area (Å²) < 4.78 is 5.93. The van der Waals surface area contributed by atoms with Crippen molar-refractivity contribution in [2.75, 3.05) is 13.7 Å². The number of nitrogens with zero attached hydrogens (tertiary/aromatic N) is 1. The highest BCUT2D eigenvalue weighted by Gasteiger charge is 2.40. The molecule has 3 rings (SSSR count). The Balaban J connectivity index is 2.01. The normalized spacial score (nSPS) is 34.9. The maximum Gasteiger partial charge on any atom is 0.0813 e. The molecule has 2 heteroatoms. The first-order valence-electron chi connectivity index (χ1n) is 5.68. The van der Waals surface area contributed by atoms with E-state index in [4.69, 9.17) is 4.74 Å². The molecule has 0 radical (unpaired) electrons. The second-order valence-electron chi connectivity index (χ2n) is 4.73. The molecule has 0 bridgehead atoms. The maximum atomic E-state index is 5.93. The minimum absolute atomic E-state index is 0.378. The molecule has 3 atom stereocenters. The minimum atomic E-state index is 0.378. The molecule has 0 aromatic heterocycles. The Kier molecular flexibility index (Phi) is 2.08. The lowest BCUT2D eigenvalue weighted by Gasteiger charge is -2.40. The Morgan fingerprint density at radius 1 is 1.33 bits per heavy atom. The van der Waals surface area contributed by atoms with Crippen LogP contribution in [0.4, 0.5) is 0 Å². The van der Waals surface area contributed by atoms with Gasteiger partial charge in [-0.05, 0) is 25.1 Å². The smallest absolute Gasteiger partial charge is 0.0813 e. The van der Waals surface area contributed by atoms with Crippen molar-refractivity contribution in [3.8, 4) is 0 Å². The zero-order valence-corrected chi connectivity index (χ0v) is 9.31. The highest BCUT2D eigenvalue weighted by molar-refractivity contribution is 5.37. The van der Waals surface area contributed by atoms with Gasteiger partial charge in [0, 0.05) is 12.5 Å². The van der Waals surface area contributed by atoms with Crippen LogP contribution in [0.2, 0.25) is 0 Å². The van der Waals surface area contributed by atoms with Crippen molar-refractivity contribution in [1.82, 2.24) is 4.90 Å². The Morgan fingerprint density at radius 2 is 2.13 bits per heavy atom. The zero-order chi connectivity index (χ0) is 10.4. The monoisotopic (exact) mass is 203 g/mol. The summed E-state index contributed by atoms with van der Waals surface area (Å²) in [5.41, 5.74) is 2.94. The SMILES string of the molecule is C[C@@H]1CO[C@@H]2Cc3ccccc3[C@@H]2N1C. The van der Waals surface area contributed by atoms with Crippen LogP contribution in [-0.4, -0.2) is 30.7 Å². The van der Waals surface area contributed by atoms with E-state index in [0.29, 0.717) is 18.2 Å². The van der Waals surface area contributed by atoms with Gasteiger partial charge >= 0.3 is 0 Å². The topological polar surface area (TPSA) is 12.5 Å². The van der Waals surface area contributed by atoms with Crippen molar-refractivity contribution in [2.24, 2.45) is 0 Å². The van der Waals surface area contributed by atoms with Crippen LogP contribution < -0.4 is 0 Å². The molecular weight excluding hydrogens is 186 g/mol. The molecule has 0 spiro atoms. The van der Waals surface area contributed by atoms with Gasteiger partial charge in [-0.1, -0.05) is 24.3 Å². The molecule has 1 heterocycles. The predicted octanol–water partition coefficient (Wildman–Crippen LogP) is 2.00. The molecule has 2 aliphatic rings. The molecule has 1 aromatic rings. The van der Waals surface area contributed by atoms with Gasteiger partial charge in [-0.2, -0.15) is 0 Å². The van der Waals surface area contributed by atoms with E-state index in [0.717, 1.165) is 13.0 Å². The fourth-order valence-corrected chi connectivity index (χ4v) is 2.82. The summed E-state index contributed by atoms with van der Waals surface area (Å²) in [6.45, 7) is 3.10. The second kappa shape index (κ2) is 3.32. The quantitative estimate of drug-likeness (QED) is 0.639. The first-order chi connectivity index (χ1) is 7.27. The lowest BCUT2D eigenvalue weighted by Crippen LogP contribution is -2.46. The van der Waals surface area contributed by atoms with E-state index in [9.17, 15) is 0 Å². The van der Waals surface area contributed by atoms with Crippen LogP contribution >= 0.6 is 0 Å². The molecule has 1 saturated heterocycles. The minimum Gasteiger partial charge on any atom is -0.374 e. The Morgan fingerprint density at radius 3 is 3.00 bits per heavy atom. The van der Waals surface area contributed by atoms with Crippen LogP contribution in [0, 0.1) is 0 Å². The van der Waals surface area contributed by atoms with E-state index < -0.39 is 0 Å². The molecule has 2 nitrogen and oxygen atoms in total. The van der Waals surface area contributed by atoms with Crippen molar-refractivity contribution < 1.29 is 4.74 Å². The number of morpholine rings is 1. The predicted molar refractivity (Wildman–Crippen MR) is 59.9 cm³/mol. The highest BCUT2D eigenvalue weighted by Crippen LogP contribution is 2.40. The van der Waals surface area contributed by atoms with Crippen molar-refractivity contribution >= 4 is 0 Å². The Labute approximate surface area is 90.8 Å². The summed E-state index contributed by atoms with van der Waals surface area (Å²) in [5, 5.41) is 0. The Hall–Kier alpha value is -0.860. The van der Waals surface area contributed by atoms with E-state index in [-0.39, 0.29) is 0 Å². The van der Waals surface area contributed by atoms with Gasteiger partial charge in [0.05, 0.1) is 18.8 Å². The average Bonchev–Trinajstić information content (AvgIpc) is 2.62. The van der Waals surface area contributed by atoms with Crippen LogP contribution in [0.3, 0.4) is 0 Å². The van der Waals surface area contributed by atoms with Crippen molar-refractivity contribution in [1.29, 1.82) is 0 Å². The summed E-state index contributed by atoms with van der Waals surface area (Å²) in [5.74, 6) is 0. The lowest BCUT2D eigenvalue weighted by atomic mass is 10.0. The third-order valence-electron chi connectivity index (χ3n) is 3.83. The van der Waals surface area contributed by atoms with Gasteiger partial charge in [0.25, 0.3) is 0 Å². The van der Waals surface area contributed by atoms with Gasteiger partial charge in [0.1, 0.15) is 0 Å². The van der Waals surface area contributed by atoms with E-state index in [1.54, 1.807) is 0 Å². The van der Waals surface area contributed by atoms with Crippen molar-refractivity contribution in [3.63, 3.8) is 0 Å². The summed E-state index contributed by atoms with van der Waals surface area (Å²) in [7, 11) is 2.22. The molecule has 0 unspecified atom stereocenters. The molecule has 1 aromatic carbocycles. The zero-order valence-electron chi connectivity index (χ0n) is 9.31. The van der Waals surface area contributed by atoms with Crippen LogP contribution in [0.5, 0.6) is 0 Å². The lowest BCUT2D eigenvalue weighted by molar-refractivity contribution is -0.0819. The summed E-state index contributed by atoms with van der Waals surface area (Å²) in [6.07, 6.45) is 1.46. The molecular formula is C13H17NO. The number of hydrogen-bond donors (Lipinski definition) is 0. The van der Waals surface area contributed by atoms with Crippen molar-refractivity contribution in [3.05, 3.63) is 35.4 Å². The number of rotatable bonds is 0. The number of hydrogen-bond acceptors (Lipinski definition) is 2. The van der Waals surface area contributed by atoms with Gasteiger partial charge in [0.15, 0.2) is 0 Å². The van der Waals surface area contributed by atoms with E-state index in [1.807, 2.05) is 0 Å². The standard InChI is InChI=1S/C13H17NO/c1-9-8-15-12-7-10-5-3-4-6-11(10)13(12)14(9)2/h3-6,9,12-13H,7-8H2,1-2H3/t9-,12-,13+/m1/s1. The summed E-state index contributed by atoms with van der Waals surface area (Å²) in [4.78, 5) is 2.46. The van der Waals surface area contributed by atoms with E-state index >= 15 is 0 Å². The second-order valence-corrected chi connectivity index (χ2v) is 4.73. The first-order valence-corrected chi connectivity index (χ1v) is 5.68. The summed E-state index contributed by atoms with van der Waals surface area (Å²) in [6, 6.07) is 9.74. The average molecular weight is 203 g/mol. The largest absolute Gasteiger partial charge is 0.374 e. The van der Waals surface area contributed by atoms with Crippen LogP contribution in [0.1, 0.15) is 24.1 Å². The highest BCUT2D eigenvalue weighted by atomic mass is 16.5. The number of benzene rings is 1. The Bertz CT molecular complexity index is 375. The maximum absolute atomic E-state index is 5.93. The fraction of sp³-hybridized carbons (Fsp3) is 0.538. The first kappa shape index (κ1) is 9.37. The molecule has 1 aliphatic carbocycles. The molecule has 0 N–H and O–H groups in total. The van der Waals surface area contributed by atoms with Crippen LogP contribution in [-0.2, 0) is 11.2 Å². The van der Waals surface area contributed by atoms with Crippen LogP contribution in [0.15, 0.2) is 24.3 Å². The van der Waals surface area contributed by atoms with Gasteiger partial charge in [-0.3, -0.25) is 4.90 Å². The molecule has 15 heavy (non-hydrogen) atoms. The van der Waals surface area contributed by atoms with Gasteiger partial charge in [-0.15, -0.1) is 0 Å². The molecule has 1 aliphatic heterocycles. The van der Waals surface area contributed by atoms with E-state index in [1.165, 1.54) is 11.1 Å². The summed E-state index contributed by atoms with van der Waals surface area (Å²) >= 11 is 0. The van der Waals surface area contributed by atoms with Gasteiger partial charge in [-0.25, -0.2) is 0 Å². The van der Waals surface area contributed by atoms with Gasteiger partial charge in [0.2, 0.25) is 0 Å². The third kappa shape index (κ3) is 1.32. The molecule has 1 fully saturated rings. The van der Waals surface area contributed by atoms with E-state index in [2.05, 4.69) is 43.1 Å². The number of ether oxygens (including phenoxy) is 1. The third-order valence-corrected chi connectivity index (χ3v) is 3.83. The molecule has 80 valence electrons. The van der Waals surface area contributed by atoms with Crippen LogP contribution in [0.25, 0.3) is 0 Å². The molecule has 0 saturated carbocycles. The fourth-order valence-electron chi connectivity index (χ4n) is 2.82. The number of likely N-dealkylation sites (N-methyl/N-ethyl adjacent to an activating group) is 1. The number of fused-ring (bicyclic) bond motifs is 3. The molecule has 0 amide bonds.